The standard InChI is InChI=1S/C21H17NO3/c1-14-5-4-6-15(13-14)18(23)9-10-21(11-12-21)22-19(24)16-7-2-3-8-17(16)20(22)25/h2-10,13H,11-12H2,1H3/b10-9+. The van der Waals surface area contributed by atoms with Crippen LogP contribution < -0.4 is 0 Å². The lowest BCUT2D eigenvalue weighted by Crippen LogP contribution is -2.40. The van der Waals surface area contributed by atoms with E-state index in [1.54, 1.807) is 36.4 Å². The smallest absolute Gasteiger partial charge is 0.262 e. The molecular formula is C21H17NO3. The Kier molecular flexibility index (Phi) is 3.42. The first kappa shape index (κ1) is 15.5. The van der Waals surface area contributed by atoms with E-state index < -0.39 is 5.54 Å². The van der Waals surface area contributed by atoms with Crippen LogP contribution in [0.1, 0.15) is 49.5 Å². The summed E-state index contributed by atoms with van der Waals surface area (Å²) in [5, 5.41) is 0. The maximum Gasteiger partial charge on any atom is 0.262 e. The molecule has 0 spiro atoms. The predicted molar refractivity (Wildman–Crippen MR) is 93.6 cm³/mol. The maximum absolute atomic E-state index is 12.6. The Morgan fingerprint density at radius 2 is 1.64 bits per heavy atom. The summed E-state index contributed by atoms with van der Waals surface area (Å²) in [4.78, 5) is 39.0. The van der Waals surface area contributed by atoms with E-state index in [0.29, 0.717) is 29.5 Å². The molecule has 124 valence electrons. The van der Waals surface area contributed by atoms with Crippen LogP contribution in [0, 0.1) is 6.92 Å². The van der Waals surface area contributed by atoms with Crippen LogP contribution in [0.2, 0.25) is 0 Å². The molecule has 4 rings (SSSR count). The maximum atomic E-state index is 12.6. The van der Waals surface area contributed by atoms with E-state index in [4.69, 9.17) is 0 Å². The fourth-order valence-corrected chi connectivity index (χ4v) is 3.31. The van der Waals surface area contributed by atoms with Crippen LogP contribution in [-0.4, -0.2) is 28.0 Å². The number of hydrogen-bond acceptors (Lipinski definition) is 3. The summed E-state index contributed by atoms with van der Waals surface area (Å²) < 4.78 is 0. The minimum absolute atomic E-state index is 0.119. The molecule has 1 fully saturated rings. The van der Waals surface area contributed by atoms with Crippen molar-refractivity contribution in [3.05, 3.63) is 82.9 Å². The SMILES string of the molecule is Cc1cccc(C(=O)/C=C/C2(N3C(=O)c4ccccc4C3=O)CC2)c1. The van der Waals surface area contributed by atoms with Gasteiger partial charge >= 0.3 is 0 Å². The number of carbonyl (C=O) groups excluding carboxylic acids is 3. The second-order valence-electron chi connectivity index (χ2n) is 6.66. The van der Waals surface area contributed by atoms with Gasteiger partial charge in [0, 0.05) is 5.56 Å². The zero-order chi connectivity index (χ0) is 17.6. The lowest BCUT2D eigenvalue weighted by Gasteiger charge is -2.22. The number of rotatable bonds is 4. The first-order valence-electron chi connectivity index (χ1n) is 8.30. The molecule has 0 N–H and O–H groups in total. The number of allylic oxidation sites excluding steroid dienone is 1. The van der Waals surface area contributed by atoms with Crippen molar-refractivity contribution in [3.63, 3.8) is 0 Å². The van der Waals surface area contributed by atoms with Crippen LogP contribution in [0.25, 0.3) is 0 Å². The van der Waals surface area contributed by atoms with Gasteiger partial charge in [0.25, 0.3) is 11.8 Å². The van der Waals surface area contributed by atoms with Gasteiger partial charge in [-0.25, -0.2) is 0 Å². The Hall–Kier alpha value is -3.01. The van der Waals surface area contributed by atoms with Crippen molar-refractivity contribution in [2.24, 2.45) is 0 Å². The molecule has 4 nitrogen and oxygen atoms in total. The van der Waals surface area contributed by atoms with E-state index in [1.807, 2.05) is 25.1 Å². The third-order valence-corrected chi connectivity index (χ3v) is 4.85. The fourth-order valence-electron chi connectivity index (χ4n) is 3.31. The largest absolute Gasteiger partial charge is 0.289 e. The molecule has 1 aliphatic heterocycles. The van der Waals surface area contributed by atoms with Crippen LogP contribution in [0.3, 0.4) is 0 Å². The summed E-state index contributed by atoms with van der Waals surface area (Å²) in [6.07, 6.45) is 4.59. The number of carbonyl (C=O) groups is 3. The van der Waals surface area contributed by atoms with E-state index in [0.717, 1.165) is 5.56 Å². The molecule has 2 aromatic carbocycles. The van der Waals surface area contributed by atoms with Crippen molar-refractivity contribution in [3.8, 4) is 0 Å². The van der Waals surface area contributed by atoms with E-state index >= 15 is 0 Å². The second-order valence-corrected chi connectivity index (χ2v) is 6.66. The molecule has 2 aromatic rings. The molecule has 0 atom stereocenters. The summed E-state index contributed by atoms with van der Waals surface area (Å²) in [5.41, 5.74) is 1.84. The van der Waals surface area contributed by atoms with Gasteiger partial charge in [-0.2, -0.15) is 0 Å². The van der Waals surface area contributed by atoms with E-state index in [2.05, 4.69) is 0 Å². The fraction of sp³-hybridized carbons (Fsp3) is 0.190. The zero-order valence-corrected chi connectivity index (χ0v) is 13.9. The highest BCUT2D eigenvalue weighted by atomic mass is 16.2. The van der Waals surface area contributed by atoms with Gasteiger partial charge < -0.3 is 0 Å². The van der Waals surface area contributed by atoms with Gasteiger partial charge in [0.2, 0.25) is 0 Å². The lowest BCUT2D eigenvalue weighted by atomic mass is 10.1. The predicted octanol–water partition coefficient (Wildman–Crippen LogP) is 3.56. The van der Waals surface area contributed by atoms with Crippen LogP contribution in [0.4, 0.5) is 0 Å². The molecule has 1 aliphatic carbocycles. The van der Waals surface area contributed by atoms with Crippen LogP contribution in [0.15, 0.2) is 60.7 Å². The minimum atomic E-state index is -0.660. The van der Waals surface area contributed by atoms with Crippen LogP contribution in [0.5, 0.6) is 0 Å². The lowest BCUT2D eigenvalue weighted by molar-refractivity contribution is 0.0596. The number of aryl methyl sites for hydroxylation is 1. The van der Waals surface area contributed by atoms with Crippen molar-refractivity contribution in [1.82, 2.24) is 4.90 Å². The summed E-state index contributed by atoms with van der Waals surface area (Å²) in [6.45, 7) is 1.93. The molecular weight excluding hydrogens is 314 g/mol. The highest BCUT2D eigenvalue weighted by molar-refractivity contribution is 6.22. The van der Waals surface area contributed by atoms with Gasteiger partial charge in [-0.05, 0) is 44.0 Å². The first-order chi connectivity index (χ1) is 12.0. The number of benzene rings is 2. The Morgan fingerprint density at radius 3 is 2.20 bits per heavy atom. The quantitative estimate of drug-likeness (QED) is 0.489. The number of ketones is 1. The van der Waals surface area contributed by atoms with Crippen LogP contribution >= 0.6 is 0 Å². The zero-order valence-electron chi connectivity index (χ0n) is 13.9. The van der Waals surface area contributed by atoms with Gasteiger partial charge in [0.05, 0.1) is 16.7 Å². The van der Waals surface area contributed by atoms with Gasteiger partial charge in [-0.15, -0.1) is 0 Å². The average Bonchev–Trinajstić information content (AvgIpc) is 3.35. The number of fused-ring (bicyclic) bond motifs is 1. The second kappa shape index (κ2) is 5.52. The number of imide groups is 1. The molecule has 1 saturated carbocycles. The van der Waals surface area contributed by atoms with Crippen molar-refractivity contribution >= 4 is 17.6 Å². The highest BCUT2D eigenvalue weighted by Gasteiger charge is 2.54. The molecule has 0 unspecified atom stereocenters. The summed E-state index contributed by atoms with van der Waals surface area (Å²) >= 11 is 0. The Labute approximate surface area is 145 Å². The third kappa shape index (κ3) is 2.50. The van der Waals surface area contributed by atoms with Crippen molar-refractivity contribution in [1.29, 1.82) is 0 Å². The molecule has 4 heteroatoms. The third-order valence-electron chi connectivity index (χ3n) is 4.85. The molecule has 25 heavy (non-hydrogen) atoms. The van der Waals surface area contributed by atoms with E-state index in [9.17, 15) is 14.4 Å². The molecule has 2 amide bonds. The monoisotopic (exact) mass is 331 g/mol. The molecule has 0 saturated heterocycles. The Balaban J connectivity index is 1.60. The summed E-state index contributed by atoms with van der Waals surface area (Å²) in [5.74, 6) is -0.664. The average molecular weight is 331 g/mol. The summed E-state index contributed by atoms with van der Waals surface area (Å²) in [7, 11) is 0. The Morgan fingerprint density at radius 1 is 1.00 bits per heavy atom. The van der Waals surface area contributed by atoms with Gasteiger partial charge in [-0.3, -0.25) is 19.3 Å². The normalized spacial score (nSPS) is 17.9. The van der Waals surface area contributed by atoms with Crippen molar-refractivity contribution < 1.29 is 14.4 Å². The number of nitrogens with zero attached hydrogens (tertiary/aromatic N) is 1. The topological polar surface area (TPSA) is 54.5 Å². The van der Waals surface area contributed by atoms with Gasteiger partial charge in [0.15, 0.2) is 5.78 Å². The molecule has 0 aromatic heterocycles. The minimum Gasteiger partial charge on any atom is -0.289 e. The van der Waals surface area contributed by atoms with E-state index in [1.165, 1.54) is 11.0 Å². The van der Waals surface area contributed by atoms with Crippen molar-refractivity contribution in [2.75, 3.05) is 0 Å². The molecule has 2 aliphatic rings. The molecule has 0 bridgehead atoms. The number of amides is 2. The van der Waals surface area contributed by atoms with Crippen molar-refractivity contribution in [2.45, 2.75) is 25.3 Å². The Bertz CT molecular complexity index is 903. The molecule has 0 radical (unpaired) electrons. The molecule has 1 heterocycles. The van der Waals surface area contributed by atoms with E-state index in [-0.39, 0.29) is 17.6 Å². The van der Waals surface area contributed by atoms with Crippen LogP contribution in [-0.2, 0) is 0 Å². The number of hydrogen-bond donors (Lipinski definition) is 0. The summed E-state index contributed by atoms with van der Waals surface area (Å²) in [6, 6.07) is 14.2. The van der Waals surface area contributed by atoms with Gasteiger partial charge in [0.1, 0.15) is 0 Å². The van der Waals surface area contributed by atoms with Gasteiger partial charge in [-0.1, -0.05) is 42.0 Å². The highest BCUT2D eigenvalue weighted by Crippen LogP contribution is 2.46. The first-order valence-corrected chi connectivity index (χ1v) is 8.30.